The summed E-state index contributed by atoms with van der Waals surface area (Å²) in [5.41, 5.74) is 15.3. The van der Waals surface area contributed by atoms with Crippen LogP contribution in [-0.4, -0.2) is 19.6 Å². The molecule has 6 heteroatoms. The smallest absolute Gasteiger partial charge is 0.149 e. The molecule has 0 spiro atoms. The molecule has 1 N–H and O–H groups in total. The summed E-state index contributed by atoms with van der Waals surface area (Å²) in [5, 5.41) is 23.4. The van der Waals surface area contributed by atoms with Crippen molar-refractivity contribution < 1.29 is 9.52 Å². The number of nitrogens with zero attached hydrogens (tertiary/aromatic N) is 4. The van der Waals surface area contributed by atoms with Gasteiger partial charge in [0, 0.05) is 50.1 Å². The van der Waals surface area contributed by atoms with Crippen molar-refractivity contribution >= 4 is 33.0 Å². The monoisotopic (exact) mass is 782 g/mol. The van der Waals surface area contributed by atoms with Crippen LogP contribution >= 0.6 is 0 Å². The lowest BCUT2D eigenvalue weighted by Crippen LogP contribution is -2.44. The first-order valence-electron chi connectivity index (χ1n) is 20.6. The Hall–Kier alpha value is -6.97. The number of aromatic nitrogens is 3. The number of phenols is 1. The number of phenolic OH excluding ortho intramolecular Hbond substituents is 1. The molecule has 0 aliphatic heterocycles. The van der Waals surface area contributed by atoms with Crippen LogP contribution in [0, 0.1) is 18.3 Å². The van der Waals surface area contributed by atoms with Gasteiger partial charge >= 0.3 is 0 Å². The third-order valence-electron chi connectivity index (χ3n) is 13.4. The predicted octanol–water partition coefficient (Wildman–Crippen LogP) is 13.7. The molecule has 3 aromatic heterocycles. The molecule has 0 saturated carbocycles. The van der Waals surface area contributed by atoms with E-state index in [9.17, 15) is 10.4 Å². The van der Waals surface area contributed by atoms with Gasteiger partial charge in [0.15, 0.2) is 0 Å². The predicted molar refractivity (Wildman–Crippen MR) is 244 cm³/mol. The number of fused-ring (bicyclic) bond motifs is 8. The Labute approximate surface area is 350 Å². The Bertz CT molecular complexity index is 3280. The van der Waals surface area contributed by atoms with E-state index in [2.05, 4.69) is 139 Å². The molecular formula is C54H46N4O2. The fraction of sp³-hybridized carbons (Fsp3) is 0.204. The van der Waals surface area contributed by atoms with Crippen molar-refractivity contribution in [2.75, 3.05) is 0 Å². The van der Waals surface area contributed by atoms with Crippen molar-refractivity contribution in [2.24, 2.45) is 0 Å². The molecule has 6 nitrogen and oxygen atoms in total. The van der Waals surface area contributed by atoms with Crippen LogP contribution in [0.2, 0.25) is 0 Å². The first-order valence-corrected chi connectivity index (χ1v) is 20.6. The first kappa shape index (κ1) is 37.3. The highest BCUT2D eigenvalue weighted by Gasteiger charge is 2.49. The zero-order valence-corrected chi connectivity index (χ0v) is 35.3. The fourth-order valence-corrected chi connectivity index (χ4v) is 9.68. The van der Waals surface area contributed by atoms with Crippen LogP contribution in [0.25, 0.3) is 83.6 Å². The zero-order chi connectivity index (χ0) is 41.9. The van der Waals surface area contributed by atoms with Crippen LogP contribution in [-0.2, 0) is 16.2 Å². The van der Waals surface area contributed by atoms with Gasteiger partial charge < -0.3 is 9.52 Å². The van der Waals surface area contributed by atoms with Crippen molar-refractivity contribution in [2.45, 2.75) is 71.6 Å². The summed E-state index contributed by atoms with van der Waals surface area (Å²) >= 11 is 0. The van der Waals surface area contributed by atoms with Crippen LogP contribution in [0.1, 0.15) is 76.3 Å². The number of nitriles is 1. The van der Waals surface area contributed by atoms with E-state index < -0.39 is 0 Å². The highest BCUT2D eigenvalue weighted by Crippen LogP contribution is 2.58. The molecule has 1 aliphatic carbocycles. The Morgan fingerprint density at radius 1 is 0.717 bits per heavy atom. The third kappa shape index (κ3) is 5.31. The lowest BCUT2D eigenvalue weighted by atomic mass is 9.54. The second-order valence-electron chi connectivity index (χ2n) is 18.4. The number of hydrogen-bond acceptors (Lipinski definition) is 5. The van der Waals surface area contributed by atoms with Gasteiger partial charge in [0.05, 0.1) is 39.6 Å². The van der Waals surface area contributed by atoms with E-state index in [0.717, 1.165) is 66.6 Å². The quantitative estimate of drug-likeness (QED) is 0.192. The Balaban J connectivity index is 1.36. The molecule has 60 heavy (non-hydrogen) atoms. The highest BCUT2D eigenvalue weighted by molar-refractivity contribution is 6.16. The van der Waals surface area contributed by atoms with Crippen molar-refractivity contribution in [1.29, 1.82) is 5.26 Å². The molecule has 0 fully saturated rings. The molecule has 0 unspecified atom stereocenters. The van der Waals surface area contributed by atoms with Gasteiger partial charge in [0.25, 0.3) is 0 Å². The summed E-state index contributed by atoms with van der Waals surface area (Å²) < 4.78 is 9.17. The summed E-state index contributed by atoms with van der Waals surface area (Å²) in [4.78, 5) is 10.6. The number of furan rings is 1. The van der Waals surface area contributed by atoms with E-state index in [1.54, 1.807) is 6.07 Å². The minimum atomic E-state index is -0.344. The third-order valence-corrected chi connectivity index (χ3v) is 13.4. The van der Waals surface area contributed by atoms with Crippen molar-refractivity contribution in [1.82, 2.24) is 14.5 Å². The van der Waals surface area contributed by atoms with E-state index in [1.807, 2.05) is 48.7 Å². The maximum Gasteiger partial charge on any atom is 0.149 e. The normalized spacial score (nSPS) is 14.3. The molecule has 1 aliphatic rings. The van der Waals surface area contributed by atoms with Crippen molar-refractivity contribution in [3.63, 3.8) is 0 Å². The van der Waals surface area contributed by atoms with Crippen LogP contribution in [0.5, 0.6) is 5.75 Å². The molecule has 10 rings (SSSR count). The minimum absolute atomic E-state index is 0.0824. The maximum atomic E-state index is 11.5. The number of imidazole rings is 1. The largest absolute Gasteiger partial charge is 0.507 e. The number of aryl methyl sites for hydroxylation is 1. The molecule has 6 aromatic carbocycles. The lowest BCUT2D eigenvalue weighted by Gasteiger charge is -2.48. The van der Waals surface area contributed by atoms with Crippen molar-refractivity contribution in [3.8, 4) is 62.4 Å². The average Bonchev–Trinajstić information content (AvgIpc) is 3.81. The molecule has 294 valence electrons. The molecule has 9 aromatic rings. The zero-order valence-electron chi connectivity index (χ0n) is 35.3. The van der Waals surface area contributed by atoms with Gasteiger partial charge in [-0.1, -0.05) is 109 Å². The molecular weight excluding hydrogens is 737 g/mol. The summed E-state index contributed by atoms with van der Waals surface area (Å²) in [6.07, 6.45) is 1.92. The van der Waals surface area contributed by atoms with Crippen LogP contribution < -0.4 is 0 Å². The molecule has 0 saturated heterocycles. The van der Waals surface area contributed by atoms with E-state index in [1.165, 1.54) is 22.3 Å². The molecule has 3 heterocycles. The second-order valence-corrected chi connectivity index (χ2v) is 18.4. The van der Waals surface area contributed by atoms with Crippen LogP contribution in [0.4, 0.5) is 0 Å². The number of aromatic hydroxyl groups is 1. The van der Waals surface area contributed by atoms with E-state index in [4.69, 9.17) is 14.4 Å². The number of hydrogen-bond donors (Lipinski definition) is 1. The molecule has 0 amide bonds. The van der Waals surface area contributed by atoms with Crippen LogP contribution in [0.15, 0.2) is 132 Å². The second kappa shape index (κ2) is 13.0. The van der Waals surface area contributed by atoms with Crippen molar-refractivity contribution in [3.05, 3.63) is 155 Å². The number of pyridine rings is 1. The van der Waals surface area contributed by atoms with Gasteiger partial charge in [-0.05, 0) is 101 Å². The first-order chi connectivity index (χ1) is 28.7. The Kier molecular flexibility index (Phi) is 8.09. The van der Waals surface area contributed by atoms with Gasteiger partial charge in [-0.25, -0.2) is 4.98 Å². The number of para-hydroxylation sites is 2. The lowest BCUT2D eigenvalue weighted by molar-refractivity contribution is 0.299. The number of rotatable bonds is 4. The van der Waals surface area contributed by atoms with Crippen LogP contribution in [0.3, 0.4) is 0 Å². The van der Waals surface area contributed by atoms with Gasteiger partial charge in [0.1, 0.15) is 22.7 Å². The number of benzene rings is 6. The van der Waals surface area contributed by atoms with Gasteiger partial charge in [-0.2, -0.15) is 5.26 Å². The summed E-state index contributed by atoms with van der Waals surface area (Å²) in [7, 11) is 0. The SMILES string of the molecule is Cc1ccnc2c1C(C)(C)C(C)(C)c1c-2cc(-c2cccc3c2nc(-c2ccccc2O)n3-c2ccc(C(C)(C)C)cc2-c2ccccc2)c2oc3cc(C#N)ccc3c12. The average molecular weight is 783 g/mol. The van der Waals surface area contributed by atoms with Gasteiger partial charge in [0.2, 0.25) is 0 Å². The molecule has 0 radical (unpaired) electrons. The van der Waals surface area contributed by atoms with Gasteiger partial charge in [-0.15, -0.1) is 0 Å². The maximum absolute atomic E-state index is 11.5. The Morgan fingerprint density at radius 3 is 2.20 bits per heavy atom. The minimum Gasteiger partial charge on any atom is -0.507 e. The summed E-state index contributed by atoms with van der Waals surface area (Å²) in [5.74, 6) is 0.770. The topological polar surface area (TPSA) is 87.9 Å². The van der Waals surface area contributed by atoms with E-state index in [0.29, 0.717) is 22.5 Å². The van der Waals surface area contributed by atoms with E-state index >= 15 is 0 Å². The molecule has 0 atom stereocenters. The molecule has 0 bridgehead atoms. The fourth-order valence-electron chi connectivity index (χ4n) is 9.68. The van der Waals surface area contributed by atoms with Gasteiger partial charge in [-0.3, -0.25) is 9.55 Å². The van der Waals surface area contributed by atoms with E-state index in [-0.39, 0.29) is 22.0 Å². The highest BCUT2D eigenvalue weighted by atomic mass is 16.3. The summed E-state index contributed by atoms with van der Waals surface area (Å²) in [6.45, 7) is 18.2. The standard InChI is InChI=1S/C54H46N4O2/c1-31-25-26-56-49-40-29-39(50-45(37-23-21-32(30-55)27-44(37)60-50)47(40)54(7,8)53(5,6)46(31)49)35-18-14-19-42-48(35)57-51(36-17-12-13-20-43(36)59)58(42)41-24-22-34(52(2,3)4)28-38(41)33-15-10-9-11-16-33/h9-29,59H,1-8H3. The Morgan fingerprint density at radius 2 is 1.45 bits per heavy atom. The summed E-state index contributed by atoms with van der Waals surface area (Å²) in [6, 6.07) is 43.3.